The van der Waals surface area contributed by atoms with Crippen LogP contribution in [0.1, 0.15) is 16.7 Å². The summed E-state index contributed by atoms with van der Waals surface area (Å²) in [7, 11) is 0. The first-order chi connectivity index (χ1) is 17.3. The molecule has 4 atom stereocenters. The number of nitrogens with one attached hydrogen (secondary N) is 1. The normalized spacial score (nSPS) is 24.0. The maximum absolute atomic E-state index is 14.0. The van der Waals surface area contributed by atoms with Gasteiger partial charge in [-0.3, -0.25) is 14.4 Å². The molecule has 0 unspecified atom stereocenters. The largest absolute Gasteiger partial charge is 0.351 e. The summed E-state index contributed by atoms with van der Waals surface area (Å²) < 4.78 is 0. The van der Waals surface area contributed by atoms with Crippen molar-refractivity contribution in [2.45, 2.75) is 25.9 Å². The number of carbonyl (C=O) groups is 3. The lowest BCUT2D eigenvalue weighted by atomic mass is 9.88. The Bertz CT molecular complexity index is 1450. The summed E-state index contributed by atoms with van der Waals surface area (Å²) in [6.45, 7) is 3.86. The van der Waals surface area contributed by atoms with Gasteiger partial charge in [0.25, 0.3) is 0 Å². The van der Waals surface area contributed by atoms with Crippen molar-refractivity contribution >= 4 is 52.5 Å². The summed E-state index contributed by atoms with van der Waals surface area (Å²) in [5, 5.41) is 3.51. The van der Waals surface area contributed by atoms with Gasteiger partial charge in [0.2, 0.25) is 17.7 Å². The summed E-state index contributed by atoms with van der Waals surface area (Å²) in [6.07, 6.45) is 3.93. The number of amides is 3. The van der Waals surface area contributed by atoms with Gasteiger partial charge in [-0.15, -0.1) is 0 Å². The Kier molecular flexibility index (Phi) is 5.23. The van der Waals surface area contributed by atoms with E-state index >= 15 is 0 Å². The molecule has 0 radical (unpaired) electrons. The van der Waals surface area contributed by atoms with E-state index in [0.29, 0.717) is 16.4 Å². The fourth-order valence-corrected chi connectivity index (χ4v) is 5.98. The lowest BCUT2D eigenvalue weighted by Crippen LogP contribution is -2.50. The first kappa shape index (κ1) is 22.6. The number of para-hydroxylation sites is 1. The maximum Gasteiger partial charge on any atom is 0.247 e. The number of benzene rings is 3. The summed E-state index contributed by atoms with van der Waals surface area (Å²) in [6, 6.07) is 19.0. The van der Waals surface area contributed by atoms with E-state index in [4.69, 9.17) is 11.6 Å². The van der Waals surface area contributed by atoms with Crippen LogP contribution in [0.4, 0.5) is 17.1 Å². The third-order valence-electron chi connectivity index (χ3n) is 7.39. The predicted molar refractivity (Wildman–Crippen MR) is 141 cm³/mol. The minimum Gasteiger partial charge on any atom is -0.351 e. The molecule has 3 aliphatic heterocycles. The highest BCUT2D eigenvalue weighted by Crippen LogP contribution is 2.49. The standard InChI is InChI=1S/C29H24ClN3O3/c1-16-7-13-21(17(2)15-16)33-28(35)24-23-14-8-18-5-3-4-6-22(18)32(23)26(25(24)29(33)36)27(34)31-20-11-9-19(30)10-12-20/h3-15,23-26H,1-2H3,(H,31,34)/t23-,24+,25-,26+/m1/s1. The molecule has 3 aromatic rings. The summed E-state index contributed by atoms with van der Waals surface area (Å²) in [5.41, 5.74) is 4.84. The van der Waals surface area contributed by atoms with E-state index in [9.17, 15) is 14.4 Å². The van der Waals surface area contributed by atoms with Crippen LogP contribution in [0.15, 0.2) is 72.8 Å². The second-order valence-electron chi connectivity index (χ2n) is 9.61. The van der Waals surface area contributed by atoms with Crippen molar-refractivity contribution in [3.8, 4) is 0 Å². The molecule has 0 saturated carbocycles. The van der Waals surface area contributed by atoms with Crippen LogP contribution in [0.3, 0.4) is 0 Å². The van der Waals surface area contributed by atoms with Crippen molar-refractivity contribution in [2.75, 3.05) is 15.1 Å². The minimum atomic E-state index is -0.853. The lowest BCUT2D eigenvalue weighted by molar-refractivity contribution is -0.126. The minimum absolute atomic E-state index is 0.266. The Balaban J connectivity index is 1.44. The number of aryl methyl sites for hydroxylation is 2. The van der Waals surface area contributed by atoms with Gasteiger partial charge in [0, 0.05) is 16.4 Å². The summed E-state index contributed by atoms with van der Waals surface area (Å²) >= 11 is 6.01. The van der Waals surface area contributed by atoms with E-state index in [2.05, 4.69) is 5.32 Å². The molecule has 0 bridgehead atoms. The highest BCUT2D eigenvalue weighted by molar-refractivity contribution is 6.30. The summed E-state index contributed by atoms with van der Waals surface area (Å²) in [5.74, 6) is -2.41. The molecule has 180 valence electrons. The van der Waals surface area contributed by atoms with Gasteiger partial charge in [-0.05, 0) is 61.4 Å². The van der Waals surface area contributed by atoms with Gasteiger partial charge in [0.1, 0.15) is 6.04 Å². The van der Waals surface area contributed by atoms with Crippen molar-refractivity contribution in [3.05, 3.63) is 94.5 Å². The predicted octanol–water partition coefficient (Wildman–Crippen LogP) is 4.99. The highest BCUT2D eigenvalue weighted by atomic mass is 35.5. The second-order valence-corrected chi connectivity index (χ2v) is 10.0. The van der Waals surface area contributed by atoms with E-state index in [0.717, 1.165) is 22.4 Å². The SMILES string of the molecule is Cc1ccc(N2C(=O)[C@@H]3[C@@H](C2=O)[C@@H](C(=O)Nc2ccc(Cl)cc2)N2c4ccccc4C=C[C@H]32)c(C)c1. The van der Waals surface area contributed by atoms with Crippen LogP contribution in [-0.4, -0.2) is 29.8 Å². The first-order valence-corrected chi connectivity index (χ1v) is 12.3. The van der Waals surface area contributed by atoms with E-state index in [1.165, 1.54) is 4.90 Å². The second kappa shape index (κ2) is 8.35. The van der Waals surface area contributed by atoms with Crippen LogP contribution in [-0.2, 0) is 14.4 Å². The summed E-state index contributed by atoms with van der Waals surface area (Å²) in [4.78, 5) is 44.9. The van der Waals surface area contributed by atoms with Crippen molar-refractivity contribution in [1.29, 1.82) is 0 Å². The molecule has 3 aliphatic rings. The molecule has 3 heterocycles. The Hall–Kier alpha value is -3.90. The number of hydrogen-bond donors (Lipinski definition) is 1. The quantitative estimate of drug-likeness (QED) is 0.518. The molecular weight excluding hydrogens is 474 g/mol. The fourth-order valence-electron chi connectivity index (χ4n) is 5.86. The zero-order valence-electron chi connectivity index (χ0n) is 19.8. The number of fused-ring (bicyclic) bond motifs is 5. The van der Waals surface area contributed by atoms with Gasteiger partial charge >= 0.3 is 0 Å². The molecule has 1 N–H and O–H groups in total. The van der Waals surface area contributed by atoms with Crippen LogP contribution < -0.4 is 15.1 Å². The van der Waals surface area contributed by atoms with Gasteiger partial charge in [0.15, 0.2) is 0 Å². The fraction of sp³-hybridized carbons (Fsp3) is 0.207. The molecule has 0 spiro atoms. The van der Waals surface area contributed by atoms with Crippen LogP contribution in [0, 0.1) is 25.7 Å². The van der Waals surface area contributed by atoms with Gasteiger partial charge in [-0.2, -0.15) is 0 Å². The van der Waals surface area contributed by atoms with Crippen LogP contribution >= 0.6 is 11.6 Å². The Morgan fingerprint density at radius 3 is 2.36 bits per heavy atom. The molecule has 2 fully saturated rings. The molecule has 36 heavy (non-hydrogen) atoms. The van der Waals surface area contributed by atoms with Crippen LogP contribution in [0.5, 0.6) is 0 Å². The number of nitrogens with zero attached hydrogens (tertiary/aromatic N) is 2. The van der Waals surface area contributed by atoms with E-state index in [1.54, 1.807) is 24.3 Å². The van der Waals surface area contributed by atoms with Gasteiger partial charge in [-0.1, -0.05) is 59.6 Å². The van der Waals surface area contributed by atoms with E-state index in [1.807, 2.05) is 73.4 Å². The Morgan fingerprint density at radius 1 is 0.889 bits per heavy atom. The van der Waals surface area contributed by atoms with Gasteiger partial charge in [-0.25, -0.2) is 4.90 Å². The smallest absolute Gasteiger partial charge is 0.247 e. The van der Waals surface area contributed by atoms with E-state index in [-0.39, 0.29) is 17.7 Å². The Morgan fingerprint density at radius 2 is 1.61 bits per heavy atom. The van der Waals surface area contributed by atoms with Crippen LogP contribution in [0.2, 0.25) is 5.02 Å². The van der Waals surface area contributed by atoms with Crippen molar-refractivity contribution in [3.63, 3.8) is 0 Å². The highest BCUT2D eigenvalue weighted by Gasteiger charge is 2.64. The van der Waals surface area contributed by atoms with Gasteiger partial charge in [0.05, 0.1) is 23.6 Å². The third-order valence-corrected chi connectivity index (χ3v) is 7.64. The molecule has 7 heteroatoms. The maximum atomic E-state index is 14.0. The molecule has 2 saturated heterocycles. The van der Waals surface area contributed by atoms with Crippen molar-refractivity contribution in [1.82, 2.24) is 0 Å². The molecule has 0 aliphatic carbocycles. The molecule has 6 rings (SSSR count). The van der Waals surface area contributed by atoms with E-state index < -0.39 is 23.9 Å². The molecule has 6 nitrogen and oxygen atoms in total. The number of halogens is 1. The van der Waals surface area contributed by atoms with Crippen molar-refractivity contribution < 1.29 is 14.4 Å². The third kappa shape index (κ3) is 3.36. The number of hydrogen-bond acceptors (Lipinski definition) is 4. The number of carbonyl (C=O) groups excluding carboxylic acids is 3. The van der Waals surface area contributed by atoms with Crippen LogP contribution in [0.25, 0.3) is 6.08 Å². The molecule has 3 amide bonds. The lowest BCUT2D eigenvalue weighted by Gasteiger charge is -2.36. The monoisotopic (exact) mass is 497 g/mol. The zero-order valence-corrected chi connectivity index (χ0v) is 20.6. The zero-order chi connectivity index (χ0) is 25.1. The average Bonchev–Trinajstić information content (AvgIpc) is 3.34. The van der Waals surface area contributed by atoms with Crippen molar-refractivity contribution in [2.24, 2.45) is 11.8 Å². The molecular formula is C29H24ClN3O3. The number of anilines is 3. The van der Waals surface area contributed by atoms with Gasteiger partial charge < -0.3 is 10.2 Å². The average molecular weight is 498 g/mol. The Labute approximate surface area is 214 Å². The number of imide groups is 1. The topological polar surface area (TPSA) is 69.7 Å². The first-order valence-electron chi connectivity index (χ1n) is 11.9. The number of rotatable bonds is 3. The molecule has 3 aromatic carbocycles. The molecule has 0 aromatic heterocycles.